The van der Waals surface area contributed by atoms with Crippen LogP contribution in [0, 0.1) is 5.92 Å². The monoisotopic (exact) mass is 366 g/mol. The average Bonchev–Trinajstić information content (AvgIpc) is 2.56. The van der Waals surface area contributed by atoms with Crippen molar-refractivity contribution in [2.75, 3.05) is 13.2 Å². The van der Waals surface area contributed by atoms with Gasteiger partial charge in [-0.05, 0) is 70.8 Å². The fourth-order valence-corrected chi connectivity index (χ4v) is 2.62. The topological polar surface area (TPSA) is 66.8 Å². The maximum absolute atomic E-state index is 11.1. The van der Waals surface area contributed by atoms with Gasteiger partial charge in [0.1, 0.15) is 6.61 Å². The van der Waals surface area contributed by atoms with E-state index in [1.165, 1.54) is 12.5 Å². The maximum atomic E-state index is 11.1. The third-order valence-corrected chi connectivity index (χ3v) is 4.45. The molecular weight excluding hydrogens is 328 g/mol. The molecule has 0 spiro atoms. The number of hydrogen-bond acceptors (Lipinski definition) is 4. The highest BCUT2D eigenvalue weighted by Gasteiger charge is 2.13. The second-order valence-corrected chi connectivity index (χ2v) is 7.37. The minimum Gasteiger partial charge on any atom is -0.461 e. The Kier molecular flexibility index (Phi) is 14.0. The number of carbonyl (C=O) groups is 1. The Morgan fingerprint density at radius 3 is 2.35 bits per heavy atom. The van der Waals surface area contributed by atoms with Crippen LogP contribution in [0.5, 0.6) is 0 Å². The van der Waals surface area contributed by atoms with Crippen molar-refractivity contribution in [3.05, 3.63) is 34.9 Å². The summed E-state index contributed by atoms with van der Waals surface area (Å²) in [5.74, 6) is -0.0203. The van der Waals surface area contributed by atoms with Crippen LogP contribution >= 0.6 is 0 Å². The van der Waals surface area contributed by atoms with Crippen molar-refractivity contribution >= 4 is 5.97 Å². The van der Waals surface area contributed by atoms with Gasteiger partial charge in [0.05, 0.1) is 12.7 Å². The van der Waals surface area contributed by atoms with Gasteiger partial charge in [0.2, 0.25) is 0 Å². The normalized spacial score (nSPS) is 14.7. The van der Waals surface area contributed by atoms with Crippen molar-refractivity contribution in [2.24, 2.45) is 5.92 Å². The molecule has 0 aliphatic rings. The van der Waals surface area contributed by atoms with Crippen LogP contribution < -0.4 is 0 Å². The Morgan fingerprint density at radius 2 is 1.77 bits per heavy atom. The summed E-state index contributed by atoms with van der Waals surface area (Å²) in [7, 11) is 0. The molecule has 0 amide bonds. The third kappa shape index (κ3) is 13.9. The van der Waals surface area contributed by atoms with Crippen LogP contribution in [0.2, 0.25) is 0 Å². The van der Waals surface area contributed by atoms with E-state index in [9.17, 15) is 9.90 Å². The molecule has 0 aliphatic carbocycles. The van der Waals surface area contributed by atoms with Crippen LogP contribution in [0.4, 0.5) is 0 Å². The number of hydrogen-bond donors (Lipinski definition) is 2. The van der Waals surface area contributed by atoms with Crippen molar-refractivity contribution in [1.29, 1.82) is 0 Å². The molecule has 2 atom stereocenters. The first-order valence-electron chi connectivity index (χ1n) is 9.65. The van der Waals surface area contributed by atoms with E-state index in [4.69, 9.17) is 9.84 Å². The number of allylic oxidation sites excluding steroid dienone is 3. The predicted octanol–water partition coefficient (Wildman–Crippen LogP) is 4.72. The Bertz CT molecular complexity index is 484. The summed E-state index contributed by atoms with van der Waals surface area (Å²) in [6.45, 7) is 10.0. The van der Waals surface area contributed by atoms with Gasteiger partial charge in [0.25, 0.3) is 0 Å². The van der Waals surface area contributed by atoms with Gasteiger partial charge >= 0.3 is 5.97 Å². The molecule has 0 unspecified atom stereocenters. The molecule has 2 N–H and O–H groups in total. The van der Waals surface area contributed by atoms with Gasteiger partial charge < -0.3 is 14.9 Å². The third-order valence-electron chi connectivity index (χ3n) is 4.45. The Labute approximate surface area is 159 Å². The number of rotatable bonds is 13. The van der Waals surface area contributed by atoms with Gasteiger partial charge in [-0.2, -0.15) is 0 Å². The Balaban J connectivity index is 4.46. The van der Waals surface area contributed by atoms with E-state index in [0.29, 0.717) is 13.0 Å². The summed E-state index contributed by atoms with van der Waals surface area (Å²) in [5.41, 5.74) is 3.52. The zero-order valence-electron chi connectivity index (χ0n) is 17.3. The lowest BCUT2D eigenvalue weighted by Crippen LogP contribution is -2.17. The van der Waals surface area contributed by atoms with Gasteiger partial charge in [0, 0.05) is 6.92 Å². The second kappa shape index (κ2) is 14.7. The summed E-state index contributed by atoms with van der Waals surface area (Å²) in [5, 5.41) is 19.1. The van der Waals surface area contributed by atoms with Crippen LogP contribution in [0.25, 0.3) is 0 Å². The van der Waals surface area contributed by atoms with Gasteiger partial charge in [-0.25, -0.2) is 0 Å². The highest BCUT2D eigenvalue weighted by atomic mass is 16.5. The van der Waals surface area contributed by atoms with Crippen molar-refractivity contribution in [3.8, 4) is 0 Å². The second-order valence-electron chi connectivity index (χ2n) is 7.37. The van der Waals surface area contributed by atoms with E-state index in [1.807, 2.05) is 26.8 Å². The van der Waals surface area contributed by atoms with E-state index < -0.39 is 0 Å². The summed E-state index contributed by atoms with van der Waals surface area (Å²) in [6.07, 6.45) is 11.0. The molecule has 0 saturated carbocycles. The van der Waals surface area contributed by atoms with Crippen molar-refractivity contribution in [2.45, 2.75) is 79.2 Å². The lowest BCUT2D eigenvalue weighted by Gasteiger charge is -2.18. The van der Waals surface area contributed by atoms with E-state index in [1.54, 1.807) is 0 Å². The van der Waals surface area contributed by atoms with E-state index >= 15 is 0 Å². The first-order valence-corrected chi connectivity index (χ1v) is 9.65. The SMILES string of the molecule is CC(=O)OC/C(=C\CC/C(C)=C/CO)CCC[C@H](C)[C@H](O)CC=C(C)C. The number of aliphatic hydroxyl groups is 2. The highest BCUT2D eigenvalue weighted by molar-refractivity contribution is 5.66. The molecule has 26 heavy (non-hydrogen) atoms. The molecule has 0 heterocycles. The van der Waals surface area contributed by atoms with Crippen molar-refractivity contribution in [1.82, 2.24) is 0 Å². The van der Waals surface area contributed by atoms with Crippen molar-refractivity contribution in [3.63, 3.8) is 0 Å². The standard InChI is InChI=1S/C22H38O4/c1-17(2)12-13-22(25)19(4)9-7-11-21(16-26-20(5)24)10-6-8-18(3)14-15-23/h10,12,14,19,22-23,25H,6-9,11,13,15-16H2,1-5H3/b18-14+,21-10-/t19-,22+/m0/s1. The van der Waals surface area contributed by atoms with Gasteiger partial charge in [-0.1, -0.05) is 36.3 Å². The molecule has 4 heteroatoms. The fourth-order valence-electron chi connectivity index (χ4n) is 2.62. The minimum absolute atomic E-state index is 0.0722. The number of aliphatic hydroxyl groups excluding tert-OH is 2. The first kappa shape index (κ1) is 24.6. The van der Waals surface area contributed by atoms with Crippen LogP contribution in [-0.2, 0) is 9.53 Å². The van der Waals surface area contributed by atoms with Gasteiger partial charge in [-0.3, -0.25) is 4.79 Å². The fraction of sp³-hybridized carbons (Fsp3) is 0.682. The molecule has 0 aliphatic heterocycles. The molecule has 0 saturated heterocycles. The Hall–Kier alpha value is -1.39. The average molecular weight is 367 g/mol. The largest absolute Gasteiger partial charge is 0.461 e. The molecule has 0 rings (SSSR count). The van der Waals surface area contributed by atoms with Crippen LogP contribution in [0.1, 0.15) is 73.1 Å². The quantitative estimate of drug-likeness (QED) is 0.366. The van der Waals surface area contributed by atoms with Gasteiger partial charge in [-0.15, -0.1) is 0 Å². The van der Waals surface area contributed by atoms with Crippen molar-refractivity contribution < 1.29 is 19.7 Å². The zero-order valence-corrected chi connectivity index (χ0v) is 17.3. The van der Waals surface area contributed by atoms with E-state index in [-0.39, 0.29) is 24.6 Å². The zero-order chi connectivity index (χ0) is 19.9. The van der Waals surface area contributed by atoms with E-state index in [2.05, 4.69) is 19.1 Å². The molecule has 4 nitrogen and oxygen atoms in total. The molecule has 0 aromatic carbocycles. The molecule has 150 valence electrons. The minimum atomic E-state index is -0.308. The van der Waals surface area contributed by atoms with Crippen LogP contribution in [-0.4, -0.2) is 35.5 Å². The first-order chi connectivity index (χ1) is 12.3. The Morgan fingerprint density at radius 1 is 1.08 bits per heavy atom. The molecule has 0 aromatic rings. The van der Waals surface area contributed by atoms with Crippen LogP contribution in [0.3, 0.4) is 0 Å². The summed E-state index contributed by atoms with van der Waals surface area (Å²) in [4.78, 5) is 11.1. The lowest BCUT2D eigenvalue weighted by molar-refractivity contribution is -0.140. The molecular formula is C22H38O4. The van der Waals surface area contributed by atoms with E-state index in [0.717, 1.165) is 43.3 Å². The molecule has 0 radical (unpaired) electrons. The molecule has 0 bridgehead atoms. The summed E-state index contributed by atoms with van der Waals surface area (Å²) >= 11 is 0. The maximum Gasteiger partial charge on any atom is 0.302 e. The lowest BCUT2D eigenvalue weighted by atomic mass is 9.94. The predicted molar refractivity (Wildman–Crippen MR) is 108 cm³/mol. The van der Waals surface area contributed by atoms with Gasteiger partial charge in [0.15, 0.2) is 0 Å². The smallest absolute Gasteiger partial charge is 0.302 e. The number of ether oxygens (including phenoxy) is 1. The molecule has 0 aromatic heterocycles. The summed E-state index contributed by atoms with van der Waals surface area (Å²) < 4.78 is 5.16. The van der Waals surface area contributed by atoms with Crippen LogP contribution in [0.15, 0.2) is 34.9 Å². The number of carbonyl (C=O) groups excluding carboxylic acids is 1. The highest BCUT2D eigenvalue weighted by Crippen LogP contribution is 2.19. The summed E-state index contributed by atoms with van der Waals surface area (Å²) in [6, 6.07) is 0. The molecule has 0 fully saturated rings. The number of esters is 1.